The highest BCUT2D eigenvalue weighted by molar-refractivity contribution is 8.07. The highest BCUT2D eigenvalue weighted by Crippen LogP contribution is 2.40. The van der Waals surface area contributed by atoms with Crippen LogP contribution in [0.4, 0.5) is 4.39 Å². The van der Waals surface area contributed by atoms with E-state index in [1.165, 1.54) is 12.1 Å². The highest BCUT2D eigenvalue weighted by Gasteiger charge is 2.31. The molecule has 1 aliphatic heterocycles. The molecule has 1 N–H and O–H groups in total. The predicted molar refractivity (Wildman–Crippen MR) is 74.1 cm³/mol. The minimum Gasteiger partial charge on any atom is -0.387 e. The molecule has 0 spiro atoms. The van der Waals surface area contributed by atoms with E-state index < -0.39 is 6.10 Å². The van der Waals surface area contributed by atoms with Gasteiger partial charge in [0.2, 0.25) is 0 Å². The lowest BCUT2D eigenvalue weighted by molar-refractivity contribution is 0.172. The third-order valence-corrected chi connectivity index (χ3v) is 6.33. The maximum atomic E-state index is 13.2. The Bertz CT molecular complexity index is 372. The molecule has 0 aliphatic carbocycles. The summed E-state index contributed by atoms with van der Waals surface area (Å²) in [5, 5.41) is 11.0. The molecule has 1 saturated heterocycles. The Morgan fingerprint density at radius 3 is 2.88 bits per heavy atom. The van der Waals surface area contributed by atoms with E-state index in [1.54, 1.807) is 12.1 Å². The Kier molecular flexibility index (Phi) is 4.77. The fraction of sp³-hybridized carbons (Fsp3) is 0.538. The van der Waals surface area contributed by atoms with Crippen molar-refractivity contribution in [3.8, 4) is 0 Å². The van der Waals surface area contributed by atoms with Crippen molar-refractivity contribution in [2.24, 2.45) is 0 Å². The number of benzene rings is 1. The maximum absolute atomic E-state index is 13.2. The molecule has 17 heavy (non-hydrogen) atoms. The summed E-state index contributed by atoms with van der Waals surface area (Å²) in [5.74, 6) is 1.94. The molecular weight excluding hydrogens is 255 g/mol. The van der Waals surface area contributed by atoms with E-state index in [2.05, 4.69) is 6.92 Å². The fourth-order valence-electron chi connectivity index (χ4n) is 2.11. The van der Waals surface area contributed by atoms with Gasteiger partial charge in [-0.05, 0) is 24.1 Å². The molecule has 0 amide bonds. The molecule has 0 bridgehead atoms. The van der Waals surface area contributed by atoms with Gasteiger partial charge in [-0.25, -0.2) is 4.39 Å². The Labute approximate surface area is 110 Å². The fourth-order valence-corrected chi connectivity index (χ4v) is 5.25. The topological polar surface area (TPSA) is 20.2 Å². The number of hydrogen-bond acceptors (Lipinski definition) is 3. The largest absolute Gasteiger partial charge is 0.387 e. The van der Waals surface area contributed by atoms with Crippen LogP contribution in [0.5, 0.6) is 0 Å². The third kappa shape index (κ3) is 3.18. The van der Waals surface area contributed by atoms with Crippen LogP contribution in [-0.2, 0) is 0 Å². The first kappa shape index (κ1) is 13.2. The summed E-state index contributed by atoms with van der Waals surface area (Å²) < 4.78 is 13.2. The van der Waals surface area contributed by atoms with Crippen LogP contribution in [-0.4, -0.2) is 27.1 Å². The van der Waals surface area contributed by atoms with Gasteiger partial charge in [-0.2, -0.15) is 23.5 Å². The number of hydrogen-bond donors (Lipinski definition) is 1. The van der Waals surface area contributed by atoms with Gasteiger partial charge in [0.25, 0.3) is 0 Å². The van der Waals surface area contributed by atoms with Crippen LogP contribution in [0.1, 0.15) is 25.0 Å². The smallest absolute Gasteiger partial charge is 0.123 e. The van der Waals surface area contributed by atoms with Crippen LogP contribution in [0.2, 0.25) is 0 Å². The second-order valence-electron chi connectivity index (χ2n) is 4.15. The van der Waals surface area contributed by atoms with E-state index in [0.717, 1.165) is 17.9 Å². The summed E-state index contributed by atoms with van der Waals surface area (Å²) >= 11 is 3.74. The van der Waals surface area contributed by atoms with Crippen molar-refractivity contribution >= 4 is 23.5 Å². The van der Waals surface area contributed by atoms with E-state index in [4.69, 9.17) is 0 Å². The van der Waals surface area contributed by atoms with Gasteiger partial charge in [0, 0.05) is 22.0 Å². The van der Waals surface area contributed by atoms with Crippen LogP contribution in [0, 0.1) is 5.82 Å². The second kappa shape index (κ2) is 6.12. The zero-order valence-corrected chi connectivity index (χ0v) is 11.4. The van der Waals surface area contributed by atoms with Crippen molar-refractivity contribution < 1.29 is 9.50 Å². The van der Waals surface area contributed by atoms with Gasteiger partial charge in [-0.15, -0.1) is 0 Å². The van der Waals surface area contributed by atoms with Gasteiger partial charge >= 0.3 is 0 Å². The first-order valence-electron chi connectivity index (χ1n) is 5.89. The van der Waals surface area contributed by atoms with Crippen LogP contribution >= 0.6 is 23.5 Å². The summed E-state index contributed by atoms with van der Waals surface area (Å²) in [7, 11) is 0. The van der Waals surface area contributed by atoms with E-state index in [-0.39, 0.29) is 11.1 Å². The molecule has 4 heteroatoms. The molecule has 1 heterocycles. The molecule has 1 aromatic rings. The lowest BCUT2D eigenvalue weighted by Gasteiger charge is -2.33. The van der Waals surface area contributed by atoms with Crippen molar-refractivity contribution in [3.05, 3.63) is 35.6 Å². The summed E-state index contributed by atoms with van der Waals surface area (Å²) in [6.07, 6.45) is 0.489. The number of halogens is 1. The van der Waals surface area contributed by atoms with Gasteiger partial charge in [-0.1, -0.05) is 19.1 Å². The van der Waals surface area contributed by atoms with Crippen molar-refractivity contribution in [1.82, 2.24) is 0 Å². The normalized spacial score (nSPS) is 26.8. The molecule has 1 aliphatic rings. The van der Waals surface area contributed by atoms with Gasteiger partial charge < -0.3 is 5.11 Å². The number of thioether (sulfide) groups is 2. The number of aliphatic hydroxyl groups excluding tert-OH is 1. The lowest BCUT2D eigenvalue weighted by atomic mass is 10.0. The minimum atomic E-state index is -0.562. The van der Waals surface area contributed by atoms with Gasteiger partial charge in [-0.3, -0.25) is 0 Å². The predicted octanol–water partition coefficient (Wildman–Crippen LogP) is 3.49. The maximum Gasteiger partial charge on any atom is 0.123 e. The van der Waals surface area contributed by atoms with Crippen LogP contribution < -0.4 is 0 Å². The van der Waals surface area contributed by atoms with Crippen molar-refractivity contribution in [2.75, 3.05) is 11.5 Å². The lowest BCUT2D eigenvalue weighted by Crippen LogP contribution is -2.31. The molecule has 3 atom stereocenters. The van der Waals surface area contributed by atoms with E-state index in [1.807, 2.05) is 23.5 Å². The highest BCUT2D eigenvalue weighted by atomic mass is 32.2. The molecule has 1 fully saturated rings. The van der Waals surface area contributed by atoms with Crippen molar-refractivity contribution in [3.63, 3.8) is 0 Å². The quantitative estimate of drug-likeness (QED) is 0.909. The van der Waals surface area contributed by atoms with Crippen LogP contribution in [0.25, 0.3) is 0 Å². The molecule has 94 valence electrons. The summed E-state index contributed by atoms with van der Waals surface area (Å²) in [5.41, 5.74) is 0.698. The zero-order valence-electron chi connectivity index (χ0n) is 9.80. The van der Waals surface area contributed by atoms with Crippen LogP contribution in [0.3, 0.4) is 0 Å². The Balaban J connectivity index is 2.15. The summed E-state index contributed by atoms with van der Waals surface area (Å²) in [6, 6.07) is 6.32. The van der Waals surface area contributed by atoms with Gasteiger partial charge in [0.1, 0.15) is 5.82 Å². The monoisotopic (exact) mass is 272 g/mol. The molecule has 0 saturated carbocycles. The van der Waals surface area contributed by atoms with E-state index >= 15 is 0 Å². The van der Waals surface area contributed by atoms with Crippen molar-refractivity contribution in [1.29, 1.82) is 0 Å². The summed E-state index contributed by atoms with van der Waals surface area (Å²) in [6.45, 7) is 2.15. The minimum absolute atomic E-state index is 0.181. The van der Waals surface area contributed by atoms with E-state index in [9.17, 15) is 9.50 Å². The second-order valence-corrected chi connectivity index (χ2v) is 6.79. The third-order valence-electron chi connectivity index (χ3n) is 3.00. The molecule has 1 aromatic carbocycles. The Morgan fingerprint density at radius 2 is 2.18 bits per heavy atom. The van der Waals surface area contributed by atoms with Gasteiger partial charge in [0.15, 0.2) is 0 Å². The molecule has 0 radical (unpaired) electrons. The Morgan fingerprint density at radius 1 is 1.41 bits per heavy atom. The summed E-state index contributed by atoms with van der Waals surface area (Å²) in [4.78, 5) is 0. The molecular formula is C13H17FOS2. The number of aliphatic hydroxyl groups is 1. The first-order chi connectivity index (χ1) is 8.22. The first-order valence-corrected chi connectivity index (χ1v) is 7.99. The van der Waals surface area contributed by atoms with Gasteiger partial charge in [0.05, 0.1) is 6.10 Å². The molecule has 1 nitrogen and oxygen atoms in total. The SMILES string of the molecule is CCC1SCCSC1C(O)c1cccc(F)c1. The number of rotatable bonds is 3. The zero-order chi connectivity index (χ0) is 12.3. The standard InChI is InChI=1S/C13H17FOS2/c1-2-11-13(17-7-6-16-11)12(15)9-4-3-5-10(14)8-9/h3-5,8,11-13,15H,2,6-7H2,1H3. The average Bonchev–Trinajstić information content (AvgIpc) is 2.38. The molecule has 0 aromatic heterocycles. The average molecular weight is 272 g/mol. The van der Waals surface area contributed by atoms with Crippen LogP contribution in [0.15, 0.2) is 24.3 Å². The Hall–Kier alpha value is -0.190. The van der Waals surface area contributed by atoms with Crippen molar-refractivity contribution in [2.45, 2.75) is 29.9 Å². The molecule has 2 rings (SSSR count). The van der Waals surface area contributed by atoms with E-state index in [0.29, 0.717) is 10.8 Å². The molecule has 3 unspecified atom stereocenters.